The van der Waals surface area contributed by atoms with Crippen LogP contribution in [-0.2, 0) is 9.53 Å². The molecule has 0 aliphatic carbocycles. The van der Waals surface area contributed by atoms with Gasteiger partial charge in [0.2, 0.25) is 0 Å². The van der Waals surface area contributed by atoms with Crippen molar-refractivity contribution in [3.8, 4) is 28.6 Å². The first-order valence-corrected chi connectivity index (χ1v) is 10.2. The molecule has 0 spiro atoms. The molecule has 0 bridgehead atoms. The van der Waals surface area contributed by atoms with Crippen molar-refractivity contribution in [3.63, 3.8) is 0 Å². The highest BCUT2D eigenvalue weighted by molar-refractivity contribution is 5.73. The molecule has 2 aromatic heterocycles. The highest BCUT2D eigenvalue weighted by Gasteiger charge is 2.46. The number of aliphatic carboxylic acids is 1. The molecule has 3 heterocycles. The molecule has 0 saturated heterocycles. The number of benzene rings is 1. The fourth-order valence-electron chi connectivity index (χ4n) is 3.05. The highest BCUT2D eigenvalue weighted by Crippen LogP contribution is 2.37. The molecule has 1 aromatic carbocycles. The number of aromatic nitrogens is 3. The lowest BCUT2D eigenvalue weighted by molar-refractivity contribution is -0.204. The van der Waals surface area contributed by atoms with Crippen LogP contribution in [0, 0.1) is 5.82 Å². The van der Waals surface area contributed by atoms with Crippen LogP contribution in [0.3, 0.4) is 0 Å². The number of nitrogens with zero attached hydrogens (tertiary/aromatic N) is 4. The molecule has 0 amide bonds. The van der Waals surface area contributed by atoms with Crippen LogP contribution in [-0.4, -0.2) is 57.8 Å². The molecule has 1 aliphatic heterocycles. The lowest BCUT2D eigenvalue weighted by Gasteiger charge is -2.28. The van der Waals surface area contributed by atoms with Crippen molar-refractivity contribution in [3.05, 3.63) is 48.0 Å². The number of carboxylic acid groups (broad SMARTS) is 1. The number of hydrogen-bond acceptors (Lipinski definition) is 9. The Hall–Kier alpha value is -4.44. The van der Waals surface area contributed by atoms with E-state index in [1.807, 2.05) is 0 Å². The number of hydrogen-bond donors (Lipinski definition) is 2. The standard InChI is InChI=1S/C19H15F4N5O3.C2HF3O2/c1-29-10-7-25-17(26-8-10)14-5-15(31-28-14)9-2-3-12(20)11(4-9)13-6-16(19(21,22)23)30-18(24)27-13;3-2(4,5)1(6)7/h2-5,7-8,13,16H,6H2,1H3,(H2,24,27);(H,6,7)/t13?,16-;/m0./s1. The van der Waals surface area contributed by atoms with Gasteiger partial charge in [-0.25, -0.2) is 24.1 Å². The highest BCUT2D eigenvalue weighted by atomic mass is 19.4. The van der Waals surface area contributed by atoms with E-state index < -0.39 is 48.7 Å². The minimum Gasteiger partial charge on any atom is -0.494 e. The van der Waals surface area contributed by atoms with E-state index in [9.17, 15) is 30.7 Å². The van der Waals surface area contributed by atoms with E-state index in [1.54, 1.807) is 0 Å². The van der Waals surface area contributed by atoms with Crippen molar-refractivity contribution in [2.75, 3.05) is 7.11 Å². The molecule has 17 heteroatoms. The topological polar surface area (TPSA) is 146 Å². The number of halogens is 7. The predicted molar refractivity (Wildman–Crippen MR) is 113 cm³/mol. The lowest BCUT2D eigenvalue weighted by Crippen LogP contribution is -2.40. The summed E-state index contributed by atoms with van der Waals surface area (Å²) in [5, 5.41) is 11.0. The van der Waals surface area contributed by atoms with Gasteiger partial charge in [-0.05, 0) is 18.2 Å². The third-order valence-electron chi connectivity index (χ3n) is 4.83. The number of aliphatic imine (C=N–C) groups is 1. The molecule has 204 valence electrons. The van der Waals surface area contributed by atoms with Gasteiger partial charge in [-0.3, -0.25) is 0 Å². The van der Waals surface area contributed by atoms with Gasteiger partial charge in [0.1, 0.15) is 5.82 Å². The SMILES string of the molecule is COc1cnc(-c2cc(-c3ccc(F)c(C4C[C@@H](C(F)(F)F)OC(N)=N4)c3)on2)nc1.O=C(O)C(F)(F)F. The quantitative estimate of drug-likeness (QED) is 0.454. The van der Waals surface area contributed by atoms with Crippen LogP contribution in [0.25, 0.3) is 22.8 Å². The zero-order valence-electron chi connectivity index (χ0n) is 18.9. The Kier molecular flexibility index (Phi) is 8.07. The van der Waals surface area contributed by atoms with Crippen molar-refractivity contribution < 1.29 is 54.6 Å². The molecule has 0 fully saturated rings. The number of carboxylic acids is 1. The Bertz CT molecular complexity index is 1310. The Morgan fingerprint density at radius 3 is 2.32 bits per heavy atom. The van der Waals surface area contributed by atoms with Gasteiger partial charge in [0.05, 0.1) is 25.5 Å². The average Bonchev–Trinajstić information content (AvgIpc) is 3.33. The normalized spacial score (nSPS) is 17.5. The van der Waals surface area contributed by atoms with Gasteiger partial charge in [0, 0.05) is 23.6 Å². The largest absolute Gasteiger partial charge is 0.494 e. The summed E-state index contributed by atoms with van der Waals surface area (Å²) in [5.41, 5.74) is 6.01. The monoisotopic (exact) mass is 551 g/mol. The second-order valence-electron chi connectivity index (χ2n) is 7.43. The zero-order valence-corrected chi connectivity index (χ0v) is 18.9. The van der Waals surface area contributed by atoms with E-state index in [-0.39, 0.29) is 17.1 Å². The molecule has 3 N–H and O–H groups in total. The summed E-state index contributed by atoms with van der Waals surface area (Å²) < 4.78 is 100. The molecule has 3 aromatic rings. The van der Waals surface area contributed by atoms with Crippen LogP contribution in [0.5, 0.6) is 5.75 Å². The second kappa shape index (κ2) is 10.9. The molecule has 10 nitrogen and oxygen atoms in total. The molecule has 1 unspecified atom stereocenters. The van der Waals surface area contributed by atoms with E-state index in [0.29, 0.717) is 17.0 Å². The summed E-state index contributed by atoms with van der Waals surface area (Å²) in [5.74, 6) is -2.51. The molecule has 38 heavy (non-hydrogen) atoms. The molecular weight excluding hydrogens is 535 g/mol. The Balaban J connectivity index is 0.000000505. The van der Waals surface area contributed by atoms with Gasteiger partial charge in [0.15, 0.2) is 29.1 Å². The summed E-state index contributed by atoms with van der Waals surface area (Å²) in [6.45, 7) is 0. The maximum absolute atomic E-state index is 14.5. The maximum Gasteiger partial charge on any atom is 0.490 e. The third kappa shape index (κ3) is 6.86. The summed E-state index contributed by atoms with van der Waals surface area (Å²) >= 11 is 0. The summed E-state index contributed by atoms with van der Waals surface area (Å²) in [7, 11) is 1.48. The Morgan fingerprint density at radius 2 is 1.76 bits per heavy atom. The molecular formula is C21H16F7N5O5. The number of alkyl halides is 6. The first-order chi connectivity index (χ1) is 17.7. The first-order valence-electron chi connectivity index (χ1n) is 10.2. The van der Waals surface area contributed by atoms with Gasteiger partial charge >= 0.3 is 18.3 Å². The van der Waals surface area contributed by atoms with Crippen LogP contribution in [0.1, 0.15) is 18.0 Å². The molecule has 4 rings (SSSR count). The van der Waals surface area contributed by atoms with Crippen LogP contribution in [0.4, 0.5) is 30.7 Å². The van der Waals surface area contributed by atoms with E-state index in [1.165, 1.54) is 37.7 Å². The van der Waals surface area contributed by atoms with E-state index in [0.717, 1.165) is 6.07 Å². The Morgan fingerprint density at radius 1 is 1.13 bits per heavy atom. The average molecular weight is 551 g/mol. The molecule has 2 atom stereocenters. The van der Waals surface area contributed by atoms with Crippen molar-refractivity contribution in [1.29, 1.82) is 0 Å². The minimum atomic E-state index is -5.08. The van der Waals surface area contributed by atoms with E-state index in [2.05, 4.69) is 24.9 Å². The van der Waals surface area contributed by atoms with Crippen LogP contribution >= 0.6 is 0 Å². The first kappa shape index (κ1) is 28.1. The predicted octanol–water partition coefficient (Wildman–Crippen LogP) is 4.29. The van der Waals surface area contributed by atoms with Gasteiger partial charge < -0.3 is 24.8 Å². The minimum absolute atomic E-state index is 0.0725. The van der Waals surface area contributed by atoms with Crippen molar-refractivity contribution in [1.82, 2.24) is 15.1 Å². The van der Waals surface area contributed by atoms with Crippen molar-refractivity contribution in [2.24, 2.45) is 10.7 Å². The summed E-state index contributed by atoms with van der Waals surface area (Å²) in [6.07, 6.45) is -9.62. The smallest absolute Gasteiger partial charge is 0.490 e. The maximum atomic E-state index is 14.5. The van der Waals surface area contributed by atoms with Crippen molar-refractivity contribution in [2.45, 2.75) is 30.9 Å². The summed E-state index contributed by atoms with van der Waals surface area (Å²) in [6, 6.07) is 3.56. The lowest BCUT2D eigenvalue weighted by atomic mass is 9.97. The van der Waals surface area contributed by atoms with Gasteiger partial charge in [-0.1, -0.05) is 5.16 Å². The zero-order chi connectivity index (χ0) is 28.3. The third-order valence-corrected chi connectivity index (χ3v) is 4.83. The number of ether oxygens (including phenoxy) is 2. The molecule has 0 saturated carbocycles. The van der Waals surface area contributed by atoms with E-state index >= 15 is 0 Å². The van der Waals surface area contributed by atoms with Crippen LogP contribution < -0.4 is 10.5 Å². The number of carbonyl (C=O) groups is 1. The number of amidine groups is 1. The van der Waals surface area contributed by atoms with Gasteiger partial charge in [-0.15, -0.1) is 0 Å². The number of methoxy groups -OCH3 is 1. The fourth-order valence-corrected chi connectivity index (χ4v) is 3.05. The summed E-state index contributed by atoms with van der Waals surface area (Å²) in [4.78, 5) is 20.9. The fraction of sp³-hybridized carbons (Fsp3) is 0.286. The van der Waals surface area contributed by atoms with Crippen LogP contribution in [0.15, 0.2) is 46.2 Å². The van der Waals surface area contributed by atoms with E-state index in [4.69, 9.17) is 24.9 Å². The van der Waals surface area contributed by atoms with Gasteiger partial charge in [0.25, 0.3) is 6.02 Å². The number of rotatable bonds is 4. The van der Waals surface area contributed by atoms with Gasteiger partial charge in [-0.2, -0.15) is 26.3 Å². The number of nitrogens with two attached hydrogens (primary N) is 1. The Labute approximate surface area is 207 Å². The molecule has 1 aliphatic rings. The van der Waals surface area contributed by atoms with Crippen LogP contribution in [0.2, 0.25) is 0 Å². The molecule has 0 radical (unpaired) electrons. The second-order valence-corrected chi connectivity index (χ2v) is 7.43. The van der Waals surface area contributed by atoms with Crippen molar-refractivity contribution >= 4 is 12.0 Å².